The molecule has 2 aromatic heterocycles. The lowest BCUT2D eigenvalue weighted by atomic mass is 9.93. The minimum absolute atomic E-state index is 0.0593. The molecular formula is C18H24ClN5O3. The van der Waals surface area contributed by atoms with E-state index in [1.54, 1.807) is 18.3 Å². The van der Waals surface area contributed by atoms with E-state index in [1.165, 1.54) is 13.2 Å². The van der Waals surface area contributed by atoms with E-state index in [0.717, 1.165) is 11.3 Å². The molecule has 0 aromatic carbocycles. The normalized spacial score (nSPS) is 13.3. The Morgan fingerprint density at radius 2 is 2.15 bits per heavy atom. The van der Waals surface area contributed by atoms with E-state index in [1.807, 2.05) is 6.92 Å². The average molecular weight is 394 g/mol. The van der Waals surface area contributed by atoms with Crippen LogP contribution < -0.4 is 15.4 Å². The van der Waals surface area contributed by atoms with Crippen molar-refractivity contribution in [1.82, 2.24) is 15.0 Å². The Hall–Kier alpha value is -2.45. The molecule has 9 heteroatoms. The van der Waals surface area contributed by atoms with Crippen molar-refractivity contribution in [1.29, 1.82) is 0 Å². The van der Waals surface area contributed by atoms with Crippen LogP contribution >= 0.6 is 11.6 Å². The smallest absolute Gasteiger partial charge is 0.413 e. The molecule has 27 heavy (non-hydrogen) atoms. The standard InChI is InChI=1S/C18H24ClN5O3/c1-11(2)8-18(3,20)10-27-15-13(19)7-12(9-22-15)14-5-6-21-16(23-14)24(4)17(25)26/h5-7,9,11H,8,10,20H2,1-4H3,(H,25,26)/t18-/m0/s1. The van der Waals surface area contributed by atoms with E-state index >= 15 is 0 Å². The van der Waals surface area contributed by atoms with Crippen LogP contribution in [0.1, 0.15) is 27.2 Å². The maximum absolute atomic E-state index is 11.1. The first-order valence-electron chi connectivity index (χ1n) is 8.46. The number of nitrogens with zero attached hydrogens (tertiary/aromatic N) is 4. The summed E-state index contributed by atoms with van der Waals surface area (Å²) in [5, 5.41) is 9.36. The predicted molar refractivity (Wildman–Crippen MR) is 104 cm³/mol. The van der Waals surface area contributed by atoms with E-state index in [2.05, 4.69) is 28.8 Å². The number of pyridine rings is 1. The summed E-state index contributed by atoms with van der Waals surface area (Å²) >= 11 is 6.29. The van der Waals surface area contributed by atoms with E-state index in [-0.39, 0.29) is 18.4 Å². The molecule has 2 aromatic rings. The summed E-state index contributed by atoms with van der Waals surface area (Å²) < 4.78 is 5.70. The third kappa shape index (κ3) is 5.77. The molecule has 0 radical (unpaired) electrons. The first kappa shape index (κ1) is 20.9. The highest BCUT2D eigenvalue weighted by Crippen LogP contribution is 2.28. The molecule has 0 aliphatic rings. The fraction of sp³-hybridized carbons (Fsp3) is 0.444. The van der Waals surface area contributed by atoms with Crippen molar-refractivity contribution in [3.63, 3.8) is 0 Å². The summed E-state index contributed by atoms with van der Waals surface area (Å²) in [6.07, 6.45) is 2.69. The zero-order valence-corrected chi connectivity index (χ0v) is 16.6. The second kappa shape index (κ2) is 8.49. The van der Waals surface area contributed by atoms with Gasteiger partial charge in [-0.3, -0.25) is 0 Å². The first-order chi connectivity index (χ1) is 12.6. The number of anilines is 1. The zero-order chi connectivity index (χ0) is 20.2. The number of hydrogen-bond acceptors (Lipinski definition) is 6. The first-order valence-corrected chi connectivity index (χ1v) is 8.84. The molecule has 2 rings (SSSR count). The van der Waals surface area contributed by atoms with Gasteiger partial charge in [-0.05, 0) is 31.4 Å². The minimum atomic E-state index is -1.15. The highest BCUT2D eigenvalue weighted by Gasteiger charge is 2.22. The number of hydrogen-bond donors (Lipinski definition) is 2. The molecule has 0 aliphatic carbocycles. The summed E-state index contributed by atoms with van der Waals surface area (Å²) in [5.41, 5.74) is 6.87. The molecular weight excluding hydrogens is 370 g/mol. The van der Waals surface area contributed by atoms with Crippen LogP contribution in [-0.2, 0) is 0 Å². The van der Waals surface area contributed by atoms with Crippen LogP contribution in [0.2, 0.25) is 5.02 Å². The Kier molecular flexibility index (Phi) is 6.56. The van der Waals surface area contributed by atoms with Crippen molar-refractivity contribution >= 4 is 23.6 Å². The zero-order valence-electron chi connectivity index (χ0n) is 15.8. The van der Waals surface area contributed by atoms with Crippen LogP contribution in [0, 0.1) is 5.92 Å². The summed E-state index contributed by atoms with van der Waals surface area (Å²) in [7, 11) is 1.37. The number of amides is 1. The van der Waals surface area contributed by atoms with E-state index in [9.17, 15) is 4.79 Å². The molecule has 8 nitrogen and oxygen atoms in total. The van der Waals surface area contributed by atoms with E-state index in [0.29, 0.717) is 22.2 Å². The lowest BCUT2D eigenvalue weighted by Gasteiger charge is -2.26. The van der Waals surface area contributed by atoms with Gasteiger partial charge in [-0.2, -0.15) is 0 Å². The van der Waals surface area contributed by atoms with Crippen molar-refractivity contribution in [2.45, 2.75) is 32.7 Å². The van der Waals surface area contributed by atoms with Crippen molar-refractivity contribution in [2.75, 3.05) is 18.6 Å². The van der Waals surface area contributed by atoms with Gasteiger partial charge in [0.2, 0.25) is 11.8 Å². The van der Waals surface area contributed by atoms with Crippen LogP contribution in [0.3, 0.4) is 0 Å². The maximum Gasteiger partial charge on any atom is 0.413 e. The van der Waals surface area contributed by atoms with Crippen LogP contribution in [0.25, 0.3) is 11.3 Å². The molecule has 2 heterocycles. The van der Waals surface area contributed by atoms with Gasteiger partial charge in [0, 0.05) is 30.5 Å². The van der Waals surface area contributed by atoms with Crippen molar-refractivity contribution in [3.05, 3.63) is 29.5 Å². The number of ether oxygens (including phenoxy) is 1. The van der Waals surface area contributed by atoms with Gasteiger partial charge in [0.05, 0.1) is 5.69 Å². The van der Waals surface area contributed by atoms with Crippen molar-refractivity contribution < 1.29 is 14.6 Å². The highest BCUT2D eigenvalue weighted by molar-refractivity contribution is 6.32. The Labute approximate surface area is 163 Å². The summed E-state index contributed by atoms with van der Waals surface area (Å²) in [6, 6.07) is 3.31. The number of carboxylic acid groups (broad SMARTS) is 1. The number of nitrogens with two attached hydrogens (primary N) is 1. The number of rotatable bonds is 7. The maximum atomic E-state index is 11.1. The minimum Gasteiger partial charge on any atom is -0.475 e. The Bertz CT molecular complexity index is 813. The largest absolute Gasteiger partial charge is 0.475 e. The topological polar surface area (TPSA) is 114 Å². The third-order valence-corrected chi connectivity index (χ3v) is 4.02. The van der Waals surface area contributed by atoms with Gasteiger partial charge < -0.3 is 15.6 Å². The van der Waals surface area contributed by atoms with Gasteiger partial charge in [-0.1, -0.05) is 25.4 Å². The van der Waals surface area contributed by atoms with Gasteiger partial charge in [-0.25, -0.2) is 24.6 Å². The molecule has 0 saturated heterocycles. The predicted octanol–water partition coefficient (Wildman–Crippen LogP) is 3.45. The van der Waals surface area contributed by atoms with Crippen LogP contribution in [0.5, 0.6) is 5.88 Å². The molecule has 0 bridgehead atoms. The highest BCUT2D eigenvalue weighted by atomic mass is 35.5. The lowest BCUT2D eigenvalue weighted by Crippen LogP contribution is -2.43. The van der Waals surface area contributed by atoms with Crippen LogP contribution in [-0.4, -0.2) is 45.3 Å². The van der Waals surface area contributed by atoms with Gasteiger partial charge in [-0.15, -0.1) is 0 Å². The molecule has 146 valence electrons. The summed E-state index contributed by atoms with van der Waals surface area (Å²) in [5.74, 6) is 0.798. The molecule has 0 saturated carbocycles. The van der Waals surface area contributed by atoms with Crippen molar-refractivity contribution in [3.8, 4) is 17.1 Å². The fourth-order valence-corrected chi connectivity index (χ4v) is 2.87. The summed E-state index contributed by atoms with van der Waals surface area (Å²) in [4.78, 5) is 24.4. The van der Waals surface area contributed by atoms with Crippen LogP contribution in [0.15, 0.2) is 24.5 Å². The second-order valence-corrected chi connectivity index (χ2v) is 7.54. The third-order valence-electron chi connectivity index (χ3n) is 3.75. The number of carbonyl (C=O) groups is 1. The molecule has 0 spiro atoms. The second-order valence-electron chi connectivity index (χ2n) is 7.14. The molecule has 0 aliphatic heterocycles. The lowest BCUT2D eigenvalue weighted by molar-refractivity contribution is 0.201. The van der Waals surface area contributed by atoms with Gasteiger partial charge in [0.25, 0.3) is 0 Å². The molecule has 1 atom stereocenters. The molecule has 0 unspecified atom stereocenters. The quantitative estimate of drug-likeness (QED) is 0.740. The summed E-state index contributed by atoms with van der Waals surface area (Å²) in [6.45, 7) is 6.42. The van der Waals surface area contributed by atoms with E-state index in [4.69, 9.17) is 27.2 Å². The molecule has 0 fully saturated rings. The Balaban J connectivity index is 2.17. The number of halogens is 1. The average Bonchev–Trinajstić information content (AvgIpc) is 2.59. The Morgan fingerprint density at radius 3 is 2.74 bits per heavy atom. The van der Waals surface area contributed by atoms with Gasteiger partial charge in [0.1, 0.15) is 11.6 Å². The van der Waals surface area contributed by atoms with Crippen molar-refractivity contribution in [2.24, 2.45) is 11.7 Å². The Morgan fingerprint density at radius 1 is 1.44 bits per heavy atom. The van der Waals surface area contributed by atoms with E-state index < -0.39 is 11.6 Å². The monoisotopic (exact) mass is 393 g/mol. The SMILES string of the molecule is CC(C)C[C@](C)(N)COc1ncc(-c2ccnc(N(C)C(=O)O)n2)cc1Cl. The van der Waals surface area contributed by atoms with Gasteiger partial charge in [0.15, 0.2) is 0 Å². The van der Waals surface area contributed by atoms with Crippen LogP contribution in [0.4, 0.5) is 10.7 Å². The fourth-order valence-electron chi connectivity index (χ4n) is 2.65. The molecule has 3 N–H and O–H groups in total. The van der Waals surface area contributed by atoms with Gasteiger partial charge >= 0.3 is 6.09 Å². The number of aromatic nitrogens is 3. The molecule has 1 amide bonds.